The lowest BCUT2D eigenvalue weighted by molar-refractivity contribution is 0.674. The second-order valence-electron chi connectivity index (χ2n) is 4.45. The summed E-state index contributed by atoms with van der Waals surface area (Å²) in [6.07, 6.45) is 5.51. The number of aromatic nitrogens is 4. The van der Waals surface area contributed by atoms with Crippen LogP contribution in [-0.2, 0) is 6.54 Å². The Bertz CT molecular complexity index is 490. The van der Waals surface area contributed by atoms with Gasteiger partial charge in [-0.2, -0.15) is 5.10 Å². The van der Waals surface area contributed by atoms with Gasteiger partial charge in [0.05, 0.1) is 11.9 Å². The summed E-state index contributed by atoms with van der Waals surface area (Å²) in [4.78, 5) is 9.03. The Kier molecular flexibility index (Phi) is 4.04. The minimum absolute atomic E-state index is 0.331. The molecule has 96 valence electrons. The lowest BCUT2D eigenvalue weighted by Gasteiger charge is -2.12. The zero-order valence-electron chi connectivity index (χ0n) is 11.1. The lowest BCUT2D eigenvalue weighted by Crippen LogP contribution is -2.17. The van der Waals surface area contributed by atoms with E-state index in [9.17, 15) is 0 Å². The smallest absolute Gasteiger partial charge is 0.131 e. The first-order valence-corrected chi connectivity index (χ1v) is 6.29. The van der Waals surface area contributed by atoms with Crippen molar-refractivity contribution in [3.63, 3.8) is 0 Å². The maximum Gasteiger partial charge on any atom is 0.131 e. The molecule has 0 unspecified atom stereocenters. The molecule has 0 radical (unpaired) electrons. The van der Waals surface area contributed by atoms with Crippen LogP contribution in [0.3, 0.4) is 0 Å². The van der Waals surface area contributed by atoms with Gasteiger partial charge in [-0.3, -0.25) is 0 Å². The van der Waals surface area contributed by atoms with Crippen LogP contribution in [0.1, 0.15) is 38.2 Å². The van der Waals surface area contributed by atoms with E-state index in [0.717, 1.165) is 30.3 Å². The van der Waals surface area contributed by atoms with Crippen LogP contribution in [0.25, 0.3) is 5.69 Å². The molecule has 18 heavy (non-hydrogen) atoms. The van der Waals surface area contributed by atoms with E-state index < -0.39 is 0 Å². The number of hydrogen-bond acceptors (Lipinski definition) is 4. The van der Waals surface area contributed by atoms with Crippen molar-refractivity contribution in [3.05, 3.63) is 36.2 Å². The van der Waals surface area contributed by atoms with E-state index in [1.807, 2.05) is 18.5 Å². The molecule has 0 atom stereocenters. The van der Waals surface area contributed by atoms with Gasteiger partial charge in [-0.05, 0) is 12.6 Å². The Morgan fingerprint density at radius 1 is 1.39 bits per heavy atom. The first-order chi connectivity index (χ1) is 8.72. The van der Waals surface area contributed by atoms with Crippen molar-refractivity contribution in [2.75, 3.05) is 6.54 Å². The molecule has 1 N–H and O–H groups in total. The molecule has 2 rings (SSSR count). The molecule has 0 aromatic carbocycles. The molecule has 0 saturated carbocycles. The highest BCUT2D eigenvalue weighted by molar-refractivity contribution is 5.33. The summed E-state index contributed by atoms with van der Waals surface area (Å²) in [7, 11) is 0. The fourth-order valence-corrected chi connectivity index (χ4v) is 1.68. The van der Waals surface area contributed by atoms with Crippen molar-refractivity contribution >= 4 is 0 Å². The molecule has 2 heterocycles. The molecule has 5 nitrogen and oxygen atoms in total. The monoisotopic (exact) mass is 245 g/mol. The molecule has 0 aliphatic carbocycles. The number of hydrogen-bond donors (Lipinski definition) is 1. The van der Waals surface area contributed by atoms with E-state index >= 15 is 0 Å². The SMILES string of the molecule is CCNCc1nc(C(C)C)ncc1-n1cccn1. The van der Waals surface area contributed by atoms with Gasteiger partial charge in [0.15, 0.2) is 0 Å². The Morgan fingerprint density at radius 3 is 2.83 bits per heavy atom. The maximum atomic E-state index is 4.63. The highest BCUT2D eigenvalue weighted by Gasteiger charge is 2.10. The summed E-state index contributed by atoms with van der Waals surface area (Å²) < 4.78 is 1.80. The Hall–Kier alpha value is -1.75. The van der Waals surface area contributed by atoms with Gasteiger partial charge in [0, 0.05) is 24.9 Å². The van der Waals surface area contributed by atoms with E-state index in [4.69, 9.17) is 0 Å². The van der Waals surface area contributed by atoms with Crippen molar-refractivity contribution in [1.29, 1.82) is 0 Å². The van der Waals surface area contributed by atoms with Crippen molar-refractivity contribution in [2.24, 2.45) is 0 Å². The van der Waals surface area contributed by atoms with Crippen molar-refractivity contribution in [1.82, 2.24) is 25.1 Å². The second kappa shape index (κ2) is 5.73. The number of rotatable bonds is 5. The van der Waals surface area contributed by atoms with Gasteiger partial charge < -0.3 is 5.32 Å². The molecule has 0 saturated heterocycles. The normalized spacial score (nSPS) is 11.1. The summed E-state index contributed by atoms with van der Waals surface area (Å²) >= 11 is 0. The molecule has 0 spiro atoms. The van der Waals surface area contributed by atoms with Crippen LogP contribution in [-0.4, -0.2) is 26.3 Å². The minimum Gasteiger partial charge on any atom is -0.311 e. The Balaban J connectivity index is 2.38. The Morgan fingerprint density at radius 2 is 2.22 bits per heavy atom. The third-order valence-corrected chi connectivity index (χ3v) is 2.67. The van der Waals surface area contributed by atoms with Gasteiger partial charge in [-0.25, -0.2) is 14.6 Å². The summed E-state index contributed by atoms with van der Waals surface area (Å²) in [6.45, 7) is 7.92. The number of nitrogens with zero attached hydrogens (tertiary/aromatic N) is 4. The number of nitrogens with one attached hydrogen (secondary N) is 1. The average molecular weight is 245 g/mol. The van der Waals surface area contributed by atoms with E-state index in [2.05, 4.69) is 41.2 Å². The molecule has 0 aliphatic rings. The maximum absolute atomic E-state index is 4.63. The van der Waals surface area contributed by atoms with Gasteiger partial charge in [0.25, 0.3) is 0 Å². The van der Waals surface area contributed by atoms with Crippen LogP contribution in [0, 0.1) is 0 Å². The third kappa shape index (κ3) is 2.73. The molecule has 0 bridgehead atoms. The summed E-state index contributed by atoms with van der Waals surface area (Å²) in [5.41, 5.74) is 1.92. The van der Waals surface area contributed by atoms with Gasteiger partial charge in [-0.15, -0.1) is 0 Å². The predicted molar refractivity (Wildman–Crippen MR) is 70.6 cm³/mol. The molecule has 0 aliphatic heterocycles. The van der Waals surface area contributed by atoms with Crippen molar-refractivity contribution in [3.8, 4) is 5.69 Å². The molecule has 0 amide bonds. The highest BCUT2D eigenvalue weighted by atomic mass is 15.3. The van der Waals surface area contributed by atoms with E-state index in [1.165, 1.54) is 0 Å². The van der Waals surface area contributed by atoms with Gasteiger partial charge in [0.1, 0.15) is 11.5 Å². The van der Waals surface area contributed by atoms with Crippen LogP contribution in [0.2, 0.25) is 0 Å². The summed E-state index contributed by atoms with van der Waals surface area (Å²) in [5, 5.41) is 7.54. The van der Waals surface area contributed by atoms with E-state index in [1.54, 1.807) is 10.9 Å². The predicted octanol–water partition coefficient (Wildman–Crippen LogP) is 1.90. The zero-order valence-corrected chi connectivity index (χ0v) is 11.1. The van der Waals surface area contributed by atoms with Crippen LogP contribution >= 0.6 is 0 Å². The van der Waals surface area contributed by atoms with Crippen molar-refractivity contribution in [2.45, 2.75) is 33.2 Å². The quantitative estimate of drug-likeness (QED) is 0.874. The molecule has 2 aromatic heterocycles. The fraction of sp³-hybridized carbons (Fsp3) is 0.462. The van der Waals surface area contributed by atoms with Crippen LogP contribution in [0.15, 0.2) is 24.7 Å². The zero-order chi connectivity index (χ0) is 13.0. The Labute approximate surface area is 107 Å². The first kappa shape index (κ1) is 12.7. The summed E-state index contributed by atoms with van der Waals surface area (Å²) in [6, 6.07) is 1.90. The molecule has 2 aromatic rings. The molecule has 0 fully saturated rings. The standard InChI is InChI=1S/C13H19N5/c1-4-14-8-11-12(18-7-5-6-16-18)9-15-13(17-11)10(2)3/h5-7,9-10,14H,4,8H2,1-3H3. The largest absolute Gasteiger partial charge is 0.311 e. The minimum atomic E-state index is 0.331. The first-order valence-electron chi connectivity index (χ1n) is 6.29. The van der Waals surface area contributed by atoms with Crippen LogP contribution in [0.5, 0.6) is 0 Å². The van der Waals surface area contributed by atoms with Gasteiger partial charge >= 0.3 is 0 Å². The van der Waals surface area contributed by atoms with Crippen LogP contribution in [0.4, 0.5) is 0 Å². The van der Waals surface area contributed by atoms with Crippen LogP contribution < -0.4 is 5.32 Å². The van der Waals surface area contributed by atoms with Gasteiger partial charge in [0.2, 0.25) is 0 Å². The van der Waals surface area contributed by atoms with Gasteiger partial charge in [-0.1, -0.05) is 20.8 Å². The molecular weight excluding hydrogens is 226 g/mol. The third-order valence-electron chi connectivity index (χ3n) is 2.67. The topological polar surface area (TPSA) is 55.6 Å². The summed E-state index contributed by atoms with van der Waals surface area (Å²) in [5.74, 6) is 1.20. The van der Waals surface area contributed by atoms with Crippen molar-refractivity contribution < 1.29 is 0 Å². The lowest BCUT2D eigenvalue weighted by atomic mass is 10.2. The average Bonchev–Trinajstić information content (AvgIpc) is 2.89. The molecular formula is C13H19N5. The fourth-order valence-electron chi connectivity index (χ4n) is 1.68. The van der Waals surface area contributed by atoms with E-state index in [-0.39, 0.29) is 0 Å². The highest BCUT2D eigenvalue weighted by Crippen LogP contribution is 2.15. The second-order valence-corrected chi connectivity index (χ2v) is 4.45. The van der Waals surface area contributed by atoms with E-state index in [0.29, 0.717) is 5.92 Å². The molecule has 5 heteroatoms.